The lowest BCUT2D eigenvalue weighted by Gasteiger charge is -2.35. The van der Waals surface area contributed by atoms with Crippen molar-refractivity contribution in [2.75, 3.05) is 0 Å². The van der Waals surface area contributed by atoms with Gasteiger partial charge in [-0.25, -0.2) is 0 Å². The number of fused-ring (bicyclic) bond motifs is 15. The van der Waals surface area contributed by atoms with Gasteiger partial charge in [-0.05, 0) is 110 Å². The number of para-hydroxylation sites is 1. The fourth-order valence-electron chi connectivity index (χ4n) is 9.49. The van der Waals surface area contributed by atoms with Crippen LogP contribution in [0.2, 0.25) is 0 Å². The van der Waals surface area contributed by atoms with E-state index in [1.54, 1.807) is 0 Å². The standard InChI is InChI=1S/C50H30N2S/c1-2-11-35(12-3-1)52-46-23-22-33(26-40(46)37-24-25-51-30-47(37)52)34-21-20-32-19-18-31-10-4-7-15-42(31)50(44(32)27-34)43-16-8-5-13-36(43)39-29-49-41(28-45(39)50)38-14-6-9-17-48(38)53-49/h1-30H. The molecule has 1 spiro atoms. The van der Waals surface area contributed by atoms with Crippen molar-refractivity contribution in [3.63, 3.8) is 0 Å². The van der Waals surface area contributed by atoms with Crippen LogP contribution >= 0.6 is 11.3 Å². The second-order valence-corrected chi connectivity index (χ2v) is 15.4. The number of aromatic nitrogens is 2. The topological polar surface area (TPSA) is 17.8 Å². The molecule has 7 aromatic carbocycles. The van der Waals surface area contributed by atoms with E-state index < -0.39 is 5.41 Å². The molecule has 0 radical (unpaired) electrons. The number of hydrogen-bond donors (Lipinski definition) is 0. The molecule has 12 rings (SSSR count). The molecule has 0 fully saturated rings. The Balaban J connectivity index is 1.16. The molecule has 2 aliphatic rings. The van der Waals surface area contributed by atoms with Gasteiger partial charge in [-0.15, -0.1) is 11.3 Å². The SMILES string of the molecule is C1=Cc2ccc(-c3ccc4c(c3)c3ccncc3n4-c3ccccc3)cc2C2(c3ccccc31)c1ccccc1-c1cc3sc4ccccc4c3cc12. The maximum atomic E-state index is 4.53. The average Bonchev–Trinajstić information content (AvgIpc) is 3.81. The quantitative estimate of drug-likeness (QED) is 0.177. The fraction of sp³-hybridized carbons (Fsp3) is 0.0200. The minimum absolute atomic E-state index is 0.506. The molecule has 3 heteroatoms. The van der Waals surface area contributed by atoms with Gasteiger partial charge in [0, 0.05) is 42.8 Å². The summed E-state index contributed by atoms with van der Waals surface area (Å²) in [5.41, 5.74) is 15.8. The molecule has 0 saturated heterocycles. The van der Waals surface area contributed by atoms with E-state index in [0.717, 1.165) is 11.2 Å². The summed E-state index contributed by atoms with van der Waals surface area (Å²) in [4.78, 5) is 4.53. The molecule has 3 heterocycles. The van der Waals surface area contributed by atoms with E-state index in [-0.39, 0.29) is 0 Å². The van der Waals surface area contributed by atoms with Gasteiger partial charge >= 0.3 is 0 Å². The normalized spacial score (nSPS) is 15.5. The van der Waals surface area contributed by atoms with Crippen LogP contribution in [0.5, 0.6) is 0 Å². The number of hydrogen-bond acceptors (Lipinski definition) is 2. The second-order valence-electron chi connectivity index (χ2n) is 14.3. The van der Waals surface area contributed by atoms with E-state index in [4.69, 9.17) is 0 Å². The molecule has 10 aromatic rings. The Morgan fingerprint density at radius 3 is 2.13 bits per heavy atom. The van der Waals surface area contributed by atoms with Crippen LogP contribution in [-0.4, -0.2) is 9.55 Å². The van der Waals surface area contributed by atoms with Gasteiger partial charge in [0.15, 0.2) is 0 Å². The van der Waals surface area contributed by atoms with Crippen molar-refractivity contribution in [3.05, 3.63) is 203 Å². The van der Waals surface area contributed by atoms with Crippen LogP contribution in [0.25, 0.3) is 82.1 Å². The number of benzene rings is 7. The lowest BCUT2D eigenvalue weighted by Crippen LogP contribution is -2.30. The first-order valence-electron chi connectivity index (χ1n) is 18.2. The van der Waals surface area contributed by atoms with Crippen molar-refractivity contribution >= 4 is 65.5 Å². The van der Waals surface area contributed by atoms with Gasteiger partial charge in [0.05, 0.1) is 22.6 Å². The molecule has 0 bridgehead atoms. The largest absolute Gasteiger partial charge is 0.308 e. The molecule has 2 nitrogen and oxygen atoms in total. The van der Waals surface area contributed by atoms with E-state index in [1.807, 2.05) is 23.7 Å². The summed E-state index contributed by atoms with van der Waals surface area (Å²) in [5, 5.41) is 5.09. The number of nitrogens with zero attached hydrogens (tertiary/aromatic N) is 2. The highest BCUT2D eigenvalue weighted by molar-refractivity contribution is 7.25. The predicted octanol–water partition coefficient (Wildman–Crippen LogP) is 13.1. The number of thiophene rings is 1. The van der Waals surface area contributed by atoms with Crippen LogP contribution < -0.4 is 0 Å². The van der Waals surface area contributed by atoms with Crippen LogP contribution in [0.3, 0.4) is 0 Å². The molecule has 2 aliphatic carbocycles. The van der Waals surface area contributed by atoms with Crippen LogP contribution in [0.1, 0.15) is 33.4 Å². The average molecular weight is 691 g/mol. The Hall–Kier alpha value is -6.55. The third kappa shape index (κ3) is 3.89. The zero-order valence-corrected chi connectivity index (χ0v) is 29.4. The van der Waals surface area contributed by atoms with Crippen LogP contribution in [0.4, 0.5) is 0 Å². The van der Waals surface area contributed by atoms with Crippen molar-refractivity contribution in [2.45, 2.75) is 5.41 Å². The van der Waals surface area contributed by atoms with E-state index >= 15 is 0 Å². The molecule has 246 valence electrons. The van der Waals surface area contributed by atoms with Gasteiger partial charge in [0.1, 0.15) is 0 Å². The van der Waals surface area contributed by atoms with Gasteiger partial charge < -0.3 is 4.57 Å². The molecule has 0 aliphatic heterocycles. The van der Waals surface area contributed by atoms with Crippen molar-refractivity contribution in [2.24, 2.45) is 0 Å². The van der Waals surface area contributed by atoms with Crippen LogP contribution in [0, 0.1) is 0 Å². The van der Waals surface area contributed by atoms with Crippen molar-refractivity contribution < 1.29 is 0 Å². The Morgan fingerprint density at radius 1 is 0.453 bits per heavy atom. The number of rotatable bonds is 2. The Bertz CT molecular complexity index is 3180. The number of pyridine rings is 1. The molecular weight excluding hydrogens is 661 g/mol. The first-order chi connectivity index (χ1) is 26.3. The Labute approximate surface area is 310 Å². The monoisotopic (exact) mass is 690 g/mol. The van der Waals surface area contributed by atoms with E-state index in [9.17, 15) is 0 Å². The third-order valence-electron chi connectivity index (χ3n) is 11.7. The molecule has 1 unspecified atom stereocenters. The molecule has 0 saturated carbocycles. The zero-order valence-electron chi connectivity index (χ0n) is 28.6. The zero-order chi connectivity index (χ0) is 34.7. The summed E-state index contributed by atoms with van der Waals surface area (Å²) in [6, 6.07) is 58.9. The molecule has 3 aromatic heterocycles. The van der Waals surface area contributed by atoms with Crippen molar-refractivity contribution in [1.29, 1.82) is 0 Å². The first kappa shape index (κ1) is 29.1. The smallest absolute Gasteiger partial charge is 0.0725 e. The second kappa shape index (κ2) is 10.7. The minimum atomic E-state index is -0.506. The van der Waals surface area contributed by atoms with Crippen LogP contribution in [-0.2, 0) is 5.41 Å². The molecular formula is C50H30N2S. The van der Waals surface area contributed by atoms with Gasteiger partial charge in [0.2, 0.25) is 0 Å². The highest BCUT2D eigenvalue weighted by Crippen LogP contribution is 2.60. The summed E-state index contributed by atoms with van der Waals surface area (Å²) < 4.78 is 5.00. The Kier molecular flexibility index (Phi) is 5.89. The van der Waals surface area contributed by atoms with Gasteiger partial charge in [-0.3, -0.25) is 4.98 Å². The third-order valence-corrected chi connectivity index (χ3v) is 12.9. The van der Waals surface area contributed by atoms with E-state index in [0.29, 0.717) is 0 Å². The maximum Gasteiger partial charge on any atom is 0.0725 e. The lowest BCUT2D eigenvalue weighted by molar-refractivity contribution is 0.768. The van der Waals surface area contributed by atoms with Gasteiger partial charge in [0.25, 0.3) is 0 Å². The molecule has 0 amide bonds. The summed E-state index contributed by atoms with van der Waals surface area (Å²) in [7, 11) is 0. The van der Waals surface area contributed by atoms with Gasteiger partial charge in [-0.1, -0.05) is 115 Å². The Morgan fingerprint density at radius 2 is 1.21 bits per heavy atom. The highest BCUT2D eigenvalue weighted by atomic mass is 32.1. The van der Waals surface area contributed by atoms with Crippen molar-refractivity contribution in [1.82, 2.24) is 9.55 Å². The summed E-state index contributed by atoms with van der Waals surface area (Å²) in [6.07, 6.45) is 8.54. The summed E-state index contributed by atoms with van der Waals surface area (Å²) in [5.74, 6) is 0. The highest BCUT2D eigenvalue weighted by Gasteiger charge is 2.48. The maximum absolute atomic E-state index is 4.53. The molecule has 53 heavy (non-hydrogen) atoms. The van der Waals surface area contributed by atoms with Gasteiger partial charge in [-0.2, -0.15) is 0 Å². The summed E-state index contributed by atoms with van der Waals surface area (Å²) >= 11 is 1.90. The molecule has 1 atom stereocenters. The first-order valence-corrected chi connectivity index (χ1v) is 19.0. The minimum Gasteiger partial charge on any atom is -0.308 e. The van der Waals surface area contributed by atoms with Crippen LogP contribution in [0.15, 0.2) is 170 Å². The fourth-order valence-corrected chi connectivity index (χ4v) is 10.6. The molecule has 0 N–H and O–H groups in total. The van der Waals surface area contributed by atoms with E-state index in [1.165, 1.54) is 92.1 Å². The summed E-state index contributed by atoms with van der Waals surface area (Å²) in [6.45, 7) is 0. The lowest BCUT2D eigenvalue weighted by atomic mass is 9.65. The van der Waals surface area contributed by atoms with E-state index in [2.05, 4.69) is 179 Å². The predicted molar refractivity (Wildman–Crippen MR) is 223 cm³/mol. The van der Waals surface area contributed by atoms with Crippen molar-refractivity contribution in [3.8, 4) is 27.9 Å².